The molecule has 2 amide bonds. The molecule has 1 saturated heterocycles. The first-order chi connectivity index (χ1) is 21.7. The second kappa shape index (κ2) is 13.0. The van der Waals surface area contributed by atoms with Gasteiger partial charge in [0.15, 0.2) is 5.75 Å². The smallest absolute Gasteiger partial charge is 0.423 e. The summed E-state index contributed by atoms with van der Waals surface area (Å²) in [6.45, 7) is 0.00797. The van der Waals surface area contributed by atoms with Gasteiger partial charge in [-0.1, -0.05) is 30.3 Å². The summed E-state index contributed by atoms with van der Waals surface area (Å²) in [5.41, 5.74) is -5.22. The maximum absolute atomic E-state index is 13.9. The molecule has 2 aliphatic rings. The Kier molecular flexibility index (Phi) is 9.47. The number of hydroxylamine groups is 2. The van der Waals surface area contributed by atoms with Gasteiger partial charge in [0.05, 0.1) is 8.95 Å². The molecule has 0 N–H and O–H groups in total. The van der Waals surface area contributed by atoms with Gasteiger partial charge in [0.25, 0.3) is 11.8 Å². The number of para-hydroxylation sites is 2. The Morgan fingerprint density at radius 2 is 1.50 bits per heavy atom. The summed E-state index contributed by atoms with van der Waals surface area (Å²) in [5.74, 6) is -5.26. The summed E-state index contributed by atoms with van der Waals surface area (Å²) in [5, 5.41) is 0.415. The lowest BCUT2D eigenvalue weighted by molar-refractivity contribution is -0.197. The zero-order chi connectivity index (χ0) is 33.4. The number of imide groups is 1. The van der Waals surface area contributed by atoms with E-state index in [-0.39, 0.29) is 54.8 Å². The number of amides is 2. The van der Waals surface area contributed by atoms with Crippen LogP contribution < -0.4 is 13.8 Å². The van der Waals surface area contributed by atoms with E-state index in [1.54, 1.807) is 41.3 Å². The summed E-state index contributed by atoms with van der Waals surface area (Å²) >= 11 is 6.60. The molecular weight excluding hydrogens is 769 g/mol. The third kappa shape index (κ3) is 6.62. The van der Waals surface area contributed by atoms with E-state index < -0.39 is 51.0 Å². The number of halogens is 5. The van der Waals surface area contributed by atoms with Crippen LogP contribution in [0.1, 0.15) is 42.7 Å². The average molecular weight is 790 g/mol. The topological polar surface area (TPSA) is 137 Å². The first-order valence-corrected chi connectivity index (χ1v) is 16.4. The van der Waals surface area contributed by atoms with Crippen LogP contribution in [0.4, 0.5) is 24.5 Å². The first kappa shape index (κ1) is 33.4. The van der Waals surface area contributed by atoms with Gasteiger partial charge in [0.2, 0.25) is 0 Å². The fourth-order valence-electron chi connectivity index (χ4n) is 4.97. The number of carbonyl (C=O) groups is 4. The van der Waals surface area contributed by atoms with Crippen molar-refractivity contribution >= 4 is 77.1 Å². The van der Waals surface area contributed by atoms with Gasteiger partial charge in [-0.3, -0.25) is 14.4 Å². The molecule has 17 heteroatoms. The molecule has 0 spiro atoms. The SMILES string of the molecule is O=C(CCCN1c2ccccc2C(C(=O)Oc2c(Br)cccc2Br)c2c(OS(=O)(=O)C(F)(F)F)cccc21)ON1C(=O)CCC1=O. The van der Waals surface area contributed by atoms with Crippen molar-refractivity contribution < 1.29 is 54.5 Å². The number of esters is 1. The molecule has 2 aliphatic heterocycles. The quantitative estimate of drug-likeness (QED) is 0.0833. The molecule has 0 saturated carbocycles. The Balaban J connectivity index is 1.53. The van der Waals surface area contributed by atoms with E-state index in [0.29, 0.717) is 19.7 Å². The molecule has 2 heterocycles. The van der Waals surface area contributed by atoms with Gasteiger partial charge in [-0.05, 0) is 74.2 Å². The summed E-state index contributed by atoms with van der Waals surface area (Å²) < 4.78 is 75.6. The van der Waals surface area contributed by atoms with Crippen LogP contribution in [0, 0.1) is 0 Å². The number of anilines is 2. The van der Waals surface area contributed by atoms with Crippen molar-refractivity contribution in [3.8, 4) is 11.5 Å². The second-order valence-corrected chi connectivity index (χ2v) is 13.2. The minimum absolute atomic E-state index is 0.00797. The zero-order valence-electron chi connectivity index (χ0n) is 23.3. The molecule has 46 heavy (non-hydrogen) atoms. The average Bonchev–Trinajstić information content (AvgIpc) is 3.30. The fourth-order valence-corrected chi connectivity index (χ4v) is 6.61. The first-order valence-electron chi connectivity index (χ1n) is 13.4. The van der Waals surface area contributed by atoms with E-state index in [1.807, 2.05) is 0 Å². The van der Waals surface area contributed by atoms with Crippen LogP contribution in [-0.4, -0.2) is 49.3 Å². The third-order valence-electron chi connectivity index (χ3n) is 6.96. The molecule has 5 rings (SSSR count). The number of carbonyl (C=O) groups excluding carboxylic acids is 4. The highest BCUT2D eigenvalue weighted by Gasteiger charge is 2.50. The second-order valence-electron chi connectivity index (χ2n) is 9.94. The molecule has 1 atom stereocenters. The lowest BCUT2D eigenvalue weighted by atomic mass is 9.84. The Morgan fingerprint density at radius 3 is 2.15 bits per heavy atom. The van der Waals surface area contributed by atoms with E-state index in [1.165, 1.54) is 18.2 Å². The molecule has 0 aliphatic carbocycles. The Hall–Kier alpha value is -3.96. The van der Waals surface area contributed by atoms with Crippen molar-refractivity contribution in [2.45, 2.75) is 37.1 Å². The van der Waals surface area contributed by atoms with E-state index in [0.717, 1.165) is 6.07 Å². The maximum Gasteiger partial charge on any atom is 0.534 e. The summed E-state index contributed by atoms with van der Waals surface area (Å²) in [7, 11) is -6.16. The van der Waals surface area contributed by atoms with Crippen LogP contribution in [-0.2, 0) is 34.1 Å². The van der Waals surface area contributed by atoms with Crippen LogP contribution in [0.2, 0.25) is 0 Å². The van der Waals surface area contributed by atoms with Crippen LogP contribution in [0.3, 0.4) is 0 Å². The number of fused-ring (bicyclic) bond motifs is 2. The number of ether oxygens (including phenoxy) is 1. The maximum atomic E-state index is 13.9. The van der Waals surface area contributed by atoms with Crippen molar-refractivity contribution in [1.29, 1.82) is 0 Å². The number of nitrogens with zero attached hydrogens (tertiary/aromatic N) is 2. The van der Waals surface area contributed by atoms with Crippen molar-refractivity contribution in [1.82, 2.24) is 5.06 Å². The summed E-state index contributed by atoms with van der Waals surface area (Å²) in [6, 6.07) is 15.0. The van der Waals surface area contributed by atoms with Crippen molar-refractivity contribution in [2.75, 3.05) is 11.4 Å². The fraction of sp³-hybridized carbons (Fsp3) is 0.241. The molecule has 242 valence electrons. The molecule has 0 bridgehead atoms. The van der Waals surface area contributed by atoms with Gasteiger partial charge < -0.3 is 18.7 Å². The van der Waals surface area contributed by atoms with Gasteiger partial charge >= 0.3 is 27.6 Å². The van der Waals surface area contributed by atoms with E-state index in [2.05, 4.69) is 36.0 Å². The van der Waals surface area contributed by atoms with E-state index in [9.17, 15) is 40.8 Å². The molecule has 11 nitrogen and oxygen atoms in total. The Morgan fingerprint density at radius 1 is 0.891 bits per heavy atom. The lowest BCUT2D eigenvalue weighted by Gasteiger charge is -2.37. The Bertz CT molecular complexity index is 1820. The number of hydrogen-bond acceptors (Lipinski definition) is 10. The number of rotatable bonds is 9. The lowest BCUT2D eigenvalue weighted by Crippen LogP contribution is -2.34. The van der Waals surface area contributed by atoms with Crippen molar-refractivity contribution in [3.05, 3.63) is 80.7 Å². The largest absolute Gasteiger partial charge is 0.534 e. The number of benzene rings is 3. The summed E-state index contributed by atoms with van der Waals surface area (Å²) in [4.78, 5) is 56.4. The van der Waals surface area contributed by atoms with Gasteiger partial charge in [0, 0.05) is 42.7 Å². The van der Waals surface area contributed by atoms with Crippen LogP contribution in [0.25, 0.3) is 0 Å². The molecule has 3 aromatic carbocycles. The highest BCUT2D eigenvalue weighted by atomic mass is 79.9. The minimum atomic E-state index is -6.16. The van der Waals surface area contributed by atoms with E-state index >= 15 is 0 Å². The number of alkyl halides is 3. The normalized spacial score (nSPS) is 16.2. The van der Waals surface area contributed by atoms with Crippen LogP contribution in [0.5, 0.6) is 11.5 Å². The van der Waals surface area contributed by atoms with Gasteiger partial charge in [-0.15, -0.1) is 5.06 Å². The highest BCUT2D eigenvalue weighted by Crippen LogP contribution is 2.50. The van der Waals surface area contributed by atoms with Crippen LogP contribution in [0.15, 0.2) is 69.6 Å². The molecule has 3 aromatic rings. The van der Waals surface area contributed by atoms with Gasteiger partial charge in [-0.2, -0.15) is 21.6 Å². The van der Waals surface area contributed by atoms with Gasteiger partial charge in [0.1, 0.15) is 11.7 Å². The van der Waals surface area contributed by atoms with E-state index in [4.69, 9.17) is 9.57 Å². The molecule has 1 fully saturated rings. The summed E-state index contributed by atoms with van der Waals surface area (Å²) in [6.07, 6.45) is -0.383. The predicted octanol–water partition coefficient (Wildman–Crippen LogP) is 6.02. The molecule has 0 aromatic heterocycles. The van der Waals surface area contributed by atoms with Crippen molar-refractivity contribution in [3.63, 3.8) is 0 Å². The molecule has 1 unspecified atom stereocenters. The standard InChI is InChI=1S/C29H21Br2F3N2O9S/c30-17-7-3-8-18(31)27(17)43-28(40)25-16-6-1-2-9-19(16)35(15-5-12-24(39)44-36-22(37)13-14-23(36)38)20-10-4-11-21(26(20)25)45-46(41,42)29(32,33)34/h1-4,6-11,25H,5,12-15H2. The Labute approximate surface area is 276 Å². The van der Waals surface area contributed by atoms with Crippen LogP contribution >= 0.6 is 31.9 Å². The zero-order valence-corrected chi connectivity index (χ0v) is 27.2. The number of hydrogen-bond donors (Lipinski definition) is 0. The van der Waals surface area contributed by atoms with Crippen molar-refractivity contribution in [2.24, 2.45) is 0 Å². The monoisotopic (exact) mass is 788 g/mol. The van der Waals surface area contributed by atoms with Gasteiger partial charge in [-0.25, -0.2) is 4.79 Å². The molecule has 0 radical (unpaired) electrons. The highest BCUT2D eigenvalue weighted by molar-refractivity contribution is 9.11. The third-order valence-corrected chi connectivity index (χ3v) is 9.18. The molecular formula is C29H21Br2F3N2O9S. The predicted molar refractivity (Wildman–Crippen MR) is 161 cm³/mol. The minimum Gasteiger partial charge on any atom is -0.423 e.